The number of fused-ring (bicyclic) bond motifs is 1. The van der Waals surface area contributed by atoms with Crippen LogP contribution >= 0.6 is 11.3 Å². The third-order valence-electron chi connectivity index (χ3n) is 3.89. The van der Waals surface area contributed by atoms with Crippen LogP contribution in [0.4, 0.5) is 4.79 Å². The van der Waals surface area contributed by atoms with E-state index in [-0.39, 0.29) is 17.5 Å². The number of nitrogens with one attached hydrogen (secondary N) is 2. The zero-order chi connectivity index (χ0) is 17.2. The Labute approximate surface area is 146 Å². The Kier molecular flexibility index (Phi) is 4.76. The van der Waals surface area contributed by atoms with Gasteiger partial charge in [0.25, 0.3) is 0 Å². The smallest absolute Gasteiger partial charge is 0.315 e. The fourth-order valence-corrected chi connectivity index (χ4v) is 3.51. The summed E-state index contributed by atoms with van der Waals surface area (Å²) in [6.07, 6.45) is 0.773. The standard InChI is InChI=1S/C18H23N3O2S/c1-18(2,3)16-20-12(11-24-16)10-19-17(22)21-14-8-9-23-15-7-5-4-6-13(14)15/h4-7,11,14H,8-10H2,1-3H3,(H2,19,21,22)/t14-/m1/s1. The van der Waals surface area contributed by atoms with E-state index in [2.05, 4.69) is 36.4 Å². The Balaban J connectivity index is 1.56. The lowest BCUT2D eigenvalue weighted by molar-refractivity contribution is 0.223. The van der Waals surface area contributed by atoms with Crippen molar-refractivity contribution in [2.75, 3.05) is 6.61 Å². The molecule has 1 aromatic carbocycles. The molecule has 2 N–H and O–H groups in total. The Morgan fingerprint density at radius 2 is 2.17 bits per heavy atom. The van der Waals surface area contributed by atoms with Gasteiger partial charge in [0, 0.05) is 22.8 Å². The molecule has 2 heterocycles. The summed E-state index contributed by atoms with van der Waals surface area (Å²) >= 11 is 1.64. The van der Waals surface area contributed by atoms with Gasteiger partial charge < -0.3 is 15.4 Å². The van der Waals surface area contributed by atoms with Crippen LogP contribution in [0.3, 0.4) is 0 Å². The minimum absolute atomic E-state index is 0.0180. The van der Waals surface area contributed by atoms with Crippen LogP contribution in [-0.2, 0) is 12.0 Å². The first-order chi connectivity index (χ1) is 11.4. The molecular formula is C18H23N3O2S. The number of urea groups is 1. The molecule has 1 atom stereocenters. The number of nitrogens with zero attached hydrogens (tertiary/aromatic N) is 1. The number of benzene rings is 1. The van der Waals surface area contributed by atoms with Gasteiger partial charge in [-0.15, -0.1) is 11.3 Å². The molecule has 3 rings (SSSR count). The maximum absolute atomic E-state index is 12.2. The molecule has 0 bridgehead atoms. The van der Waals surface area contributed by atoms with E-state index in [4.69, 9.17) is 4.74 Å². The van der Waals surface area contributed by atoms with Crippen molar-refractivity contribution in [2.45, 2.75) is 45.2 Å². The van der Waals surface area contributed by atoms with Gasteiger partial charge in [0.15, 0.2) is 0 Å². The normalized spacial score (nSPS) is 16.9. The molecule has 128 valence electrons. The minimum atomic E-state index is -0.179. The molecule has 5 nitrogen and oxygen atoms in total. The van der Waals surface area contributed by atoms with Crippen molar-refractivity contribution in [3.63, 3.8) is 0 Å². The maximum atomic E-state index is 12.2. The van der Waals surface area contributed by atoms with Crippen molar-refractivity contribution in [2.24, 2.45) is 0 Å². The molecule has 2 aromatic rings. The highest BCUT2D eigenvalue weighted by Crippen LogP contribution is 2.31. The number of aromatic nitrogens is 1. The van der Waals surface area contributed by atoms with Crippen LogP contribution < -0.4 is 15.4 Å². The number of rotatable bonds is 3. The molecule has 1 aliphatic heterocycles. The monoisotopic (exact) mass is 345 g/mol. The SMILES string of the molecule is CC(C)(C)c1nc(CNC(=O)N[C@@H]2CCOc3ccccc32)cs1. The second-order valence-corrected chi connectivity index (χ2v) is 7.81. The highest BCUT2D eigenvalue weighted by atomic mass is 32.1. The van der Waals surface area contributed by atoms with E-state index < -0.39 is 0 Å². The van der Waals surface area contributed by atoms with E-state index in [0.717, 1.165) is 28.4 Å². The van der Waals surface area contributed by atoms with E-state index in [1.54, 1.807) is 11.3 Å². The summed E-state index contributed by atoms with van der Waals surface area (Å²) in [5, 5.41) is 9.01. The van der Waals surface area contributed by atoms with Gasteiger partial charge in [-0.2, -0.15) is 0 Å². The first kappa shape index (κ1) is 16.8. The van der Waals surface area contributed by atoms with Gasteiger partial charge in [-0.3, -0.25) is 0 Å². The van der Waals surface area contributed by atoms with Crippen molar-refractivity contribution < 1.29 is 9.53 Å². The lowest BCUT2D eigenvalue weighted by atomic mass is 9.98. The second kappa shape index (κ2) is 6.81. The van der Waals surface area contributed by atoms with Crippen molar-refractivity contribution in [3.05, 3.63) is 45.9 Å². The average Bonchev–Trinajstić information content (AvgIpc) is 3.03. The number of carbonyl (C=O) groups is 1. The van der Waals surface area contributed by atoms with Gasteiger partial charge in [0.05, 0.1) is 29.9 Å². The third kappa shape index (κ3) is 3.87. The van der Waals surface area contributed by atoms with Gasteiger partial charge in [-0.1, -0.05) is 39.0 Å². The van der Waals surface area contributed by atoms with Crippen molar-refractivity contribution >= 4 is 17.4 Å². The minimum Gasteiger partial charge on any atom is -0.493 e. The van der Waals surface area contributed by atoms with Crippen LogP contribution in [0.15, 0.2) is 29.6 Å². The molecule has 0 saturated carbocycles. The van der Waals surface area contributed by atoms with Gasteiger partial charge in [0.2, 0.25) is 0 Å². The zero-order valence-corrected chi connectivity index (χ0v) is 15.1. The molecule has 0 unspecified atom stereocenters. The number of hydrogen-bond donors (Lipinski definition) is 2. The van der Waals surface area contributed by atoms with Crippen LogP contribution in [0.1, 0.15) is 49.5 Å². The van der Waals surface area contributed by atoms with Crippen molar-refractivity contribution in [3.8, 4) is 5.75 Å². The Bertz CT molecular complexity index is 721. The van der Waals surface area contributed by atoms with E-state index in [0.29, 0.717) is 13.2 Å². The quantitative estimate of drug-likeness (QED) is 0.890. The molecule has 1 aromatic heterocycles. The van der Waals surface area contributed by atoms with Gasteiger partial charge in [-0.05, 0) is 6.07 Å². The number of carbonyl (C=O) groups excluding carboxylic acids is 1. The maximum Gasteiger partial charge on any atom is 0.315 e. The summed E-state index contributed by atoms with van der Waals surface area (Å²) in [6.45, 7) is 7.46. The molecule has 0 saturated heterocycles. The first-order valence-electron chi connectivity index (χ1n) is 8.14. The molecule has 2 amide bonds. The third-order valence-corrected chi connectivity index (χ3v) is 5.20. The summed E-state index contributed by atoms with van der Waals surface area (Å²) in [6, 6.07) is 7.64. The molecule has 0 radical (unpaired) electrons. The number of thiazole rings is 1. The summed E-state index contributed by atoms with van der Waals surface area (Å²) in [5.74, 6) is 0.850. The Morgan fingerprint density at radius 1 is 1.38 bits per heavy atom. The lowest BCUT2D eigenvalue weighted by Gasteiger charge is -2.26. The van der Waals surface area contributed by atoms with Crippen molar-refractivity contribution in [1.29, 1.82) is 0 Å². The molecule has 1 aliphatic rings. The van der Waals surface area contributed by atoms with E-state index in [1.165, 1.54) is 0 Å². The van der Waals surface area contributed by atoms with Crippen LogP contribution in [0.5, 0.6) is 5.75 Å². The Hall–Kier alpha value is -2.08. The number of ether oxygens (including phenoxy) is 1. The fourth-order valence-electron chi connectivity index (χ4n) is 2.60. The molecular weight excluding hydrogens is 322 g/mol. The molecule has 0 fully saturated rings. The fraction of sp³-hybridized carbons (Fsp3) is 0.444. The van der Waals surface area contributed by atoms with Crippen LogP contribution in [0.2, 0.25) is 0 Å². The van der Waals surface area contributed by atoms with E-state index >= 15 is 0 Å². The summed E-state index contributed by atoms with van der Waals surface area (Å²) in [4.78, 5) is 16.8. The predicted molar refractivity (Wildman–Crippen MR) is 95.5 cm³/mol. The summed E-state index contributed by atoms with van der Waals surface area (Å²) < 4.78 is 5.62. The Morgan fingerprint density at radius 3 is 2.92 bits per heavy atom. The molecule has 0 aliphatic carbocycles. The number of para-hydroxylation sites is 1. The first-order valence-corrected chi connectivity index (χ1v) is 9.02. The van der Waals surface area contributed by atoms with Crippen LogP contribution in [0.25, 0.3) is 0 Å². The second-order valence-electron chi connectivity index (χ2n) is 6.95. The predicted octanol–water partition coefficient (Wildman–Crippen LogP) is 3.76. The zero-order valence-electron chi connectivity index (χ0n) is 14.3. The lowest BCUT2D eigenvalue weighted by Crippen LogP contribution is -2.39. The largest absolute Gasteiger partial charge is 0.493 e. The summed E-state index contributed by atoms with van der Waals surface area (Å²) in [7, 11) is 0. The molecule has 24 heavy (non-hydrogen) atoms. The number of amides is 2. The van der Waals surface area contributed by atoms with Gasteiger partial charge in [-0.25, -0.2) is 9.78 Å². The van der Waals surface area contributed by atoms with E-state index in [9.17, 15) is 4.79 Å². The van der Waals surface area contributed by atoms with Crippen LogP contribution in [0, 0.1) is 0 Å². The molecule has 0 spiro atoms. The highest BCUT2D eigenvalue weighted by molar-refractivity contribution is 7.09. The highest BCUT2D eigenvalue weighted by Gasteiger charge is 2.23. The summed E-state index contributed by atoms with van der Waals surface area (Å²) in [5.41, 5.74) is 1.96. The molecule has 6 heteroatoms. The van der Waals surface area contributed by atoms with Gasteiger partial charge in [0.1, 0.15) is 5.75 Å². The topological polar surface area (TPSA) is 63.2 Å². The van der Waals surface area contributed by atoms with Crippen molar-refractivity contribution in [1.82, 2.24) is 15.6 Å². The average molecular weight is 345 g/mol. The number of hydrogen-bond acceptors (Lipinski definition) is 4. The van der Waals surface area contributed by atoms with Crippen LogP contribution in [-0.4, -0.2) is 17.6 Å². The van der Waals surface area contributed by atoms with E-state index in [1.807, 2.05) is 29.6 Å². The van der Waals surface area contributed by atoms with Gasteiger partial charge >= 0.3 is 6.03 Å².